The maximum atomic E-state index is 13.4. The summed E-state index contributed by atoms with van der Waals surface area (Å²) in [4.78, 5) is -0.0537. The Hall–Kier alpha value is -1.14. The lowest BCUT2D eigenvalue weighted by Crippen LogP contribution is -2.38. The van der Waals surface area contributed by atoms with Crippen LogP contribution in [0, 0.1) is 17.7 Å². The van der Waals surface area contributed by atoms with Crippen molar-refractivity contribution in [2.24, 2.45) is 11.8 Å². The van der Waals surface area contributed by atoms with Crippen molar-refractivity contribution in [2.45, 2.75) is 36.6 Å². The first kappa shape index (κ1) is 12.9. The Morgan fingerprint density at radius 3 is 2.63 bits per heavy atom. The van der Waals surface area contributed by atoms with Gasteiger partial charge >= 0.3 is 0 Å². The largest absolute Gasteiger partial charge is 0.396 e. The Kier molecular flexibility index (Phi) is 3.02. The molecule has 0 radical (unpaired) electrons. The molecule has 4 nitrogen and oxygen atoms in total. The highest BCUT2D eigenvalue weighted by molar-refractivity contribution is 7.89. The van der Waals surface area contributed by atoms with E-state index < -0.39 is 15.8 Å². The first-order chi connectivity index (χ1) is 8.95. The Labute approximate surface area is 112 Å². The molecule has 2 bridgehead atoms. The Morgan fingerprint density at radius 1 is 1.26 bits per heavy atom. The number of anilines is 1. The van der Waals surface area contributed by atoms with E-state index in [1.165, 1.54) is 18.6 Å². The number of nitrogen functional groups attached to an aromatic ring is 1. The summed E-state index contributed by atoms with van der Waals surface area (Å²) in [5.74, 6) is 0.398. The maximum Gasteiger partial charge on any atom is 0.240 e. The number of sulfonamides is 1. The number of nitrogens with two attached hydrogens (primary N) is 1. The third-order valence-corrected chi connectivity index (χ3v) is 5.81. The summed E-state index contributed by atoms with van der Waals surface area (Å²) in [6, 6.07) is 3.60. The van der Waals surface area contributed by atoms with Crippen LogP contribution in [0.25, 0.3) is 0 Å². The molecule has 0 saturated heterocycles. The molecule has 6 heteroatoms. The fraction of sp³-hybridized carbons (Fsp3) is 0.538. The topological polar surface area (TPSA) is 72.2 Å². The second-order valence-electron chi connectivity index (χ2n) is 5.59. The van der Waals surface area contributed by atoms with Crippen molar-refractivity contribution in [3.05, 3.63) is 24.0 Å². The molecule has 0 amide bonds. The molecular formula is C13H17FN2O2S. The van der Waals surface area contributed by atoms with Gasteiger partial charge in [0, 0.05) is 6.04 Å². The Morgan fingerprint density at radius 2 is 2.05 bits per heavy atom. The van der Waals surface area contributed by atoms with Gasteiger partial charge in [-0.2, -0.15) is 0 Å². The van der Waals surface area contributed by atoms with Gasteiger partial charge in [-0.3, -0.25) is 0 Å². The standard InChI is InChI=1S/C13H17FN2O2S/c14-11-7-10(3-4-12(11)15)19(17,18)16-13-6-8-1-2-9(13)5-8/h3-4,7-9,13,16H,1-2,5-6,15H2. The number of hydrogen-bond donors (Lipinski definition) is 2. The summed E-state index contributed by atoms with van der Waals surface area (Å²) in [6.07, 6.45) is 4.32. The Bertz CT molecular complexity index is 603. The van der Waals surface area contributed by atoms with Gasteiger partial charge in [0.1, 0.15) is 5.82 Å². The SMILES string of the molecule is Nc1ccc(S(=O)(=O)NC2CC3CCC2C3)cc1F. The minimum Gasteiger partial charge on any atom is -0.396 e. The quantitative estimate of drug-likeness (QED) is 0.832. The van der Waals surface area contributed by atoms with Crippen molar-refractivity contribution < 1.29 is 12.8 Å². The molecule has 0 spiro atoms. The van der Waals surface area contributed by atoms with Crippen LogP contribution in [-0.4, -0.2) is 14.5 Å². The van der Waals surface area contributed by atoms with Crippen LogP contribution >= 0.6 is 0 Å². The second kappa shape index (κ2) is 4.45. The van der Waals surface area contributed by atoms with Gasteiger partial charge < -0.3 is 5.73 Å². The van der Waals surface area contributed by atoms with Gasteiger partial charge in [0.25, 0.3) is 0 Å². The van der Waals surface area contributed by atoms with Gasteiger partial charge in [0.15, 0.2) is 0 Å². The van der Waals surface area contributed by atoms with Crippen molar-refractivity contribution in [1.82, 2.24) is 4.72 Å². The van der Waals surface area contributed by atoms with Crippen LogP contribution in [0.3, 0.4) is 0 Å². The van der Waals surface area contributed by atoms with Crippen LogP contribution in [0.5, 0.6) is 0 Å². The van der Waals surface area contributed by atoms with E-state index in [4.69, 9.17) is 5.73 Å². The van der Waals surface area contributed by atoms with Gasteiger partial charge in [-0.15, -0.1) is 0 Å². The zero-order valence-corrected chi connectivity index (χ0v) is 11.3. The molecule has 104 valence electrons. The van der Waals surface area contributed by atoms with Crippen LogP contribution in [0.2, 0.25) is 0 Å². The molecule has 3 unspecified atom stereocenters. The summed E-state index contributed by atoms with van der Waals surface area (Å²) >= 11 is 0. The maximum absolute atomic E-state index is 13.4. The molecular weight excluding hydrogens is 267 g/mol. The van der Waals surface area contributed by atoms with Crippen LogP contribution in [0.4, 0.5) is 10.1 Å². The lowest BCUT2D eigenvalue weighted by molar-refractivity contribution is 0.390. The molecule has 3 N–H and O–H groups in total. The van der Waals surface area contributed by atoms with E-state index >= 15 is 0 Å². The highest BCUT2D eigenvalue weighted by atomic mass is 32.2. The predicted molar refractivity (Wildman–Crippen MR) is 70.4 cm³/mol. The third kappa shape index (κ3) is 2.34. The Balaban J connectivity index is 1.80. The van der Waals surface area contributed by atoms with E-state index in [-0.39, 0.29) is 16.6 Å². The molecule has 19 heavy (non-hydrogen) atoms. The number of nitrogens with one attached hydrogen (secondary N) is 1. The molecule has 1 aromatic rings. The van der Waals surface area contributed by atoms with Gasteiger partial charge in [-0.25, -0.2) is 17.5 Å². The summed E-state index contributed by atoms with van der Waals surface area (Å²) in [5.41, 5.74) is 5.31. The van der Waals surface area contributed by atoms with Crippen LogP contribution in [0.15, 0.2) is 23.1 Å². The number of fused-ring (bicyclic) bond motifs is 2. The molecule has 0 heterocycles. The summed E-state index contributed by atoms with van der Waals surface area (Å²) in [7, 11) is -3.65. The average molecular weight is 284 g/mol. The summed E-state index contributed by atoms with van der Waals surface area (Å²) in [5, 5.41) is 0. The van der Waals surface area contributed by atoms with Gasteiger partial charge in [-0.05, 0) is 49.3 Å². The first-order valence-electron chi connectivity index (χ1n) is 6.53. The smallest absolute Gasteiger partial charge is 0.240 e. The number of hydrogen-bond acceptors (Lipinski definition) is 3. The molecule has 2 aliphatic rings. The third-order valence-electron chi connectivity index (χ3n) is 4.33. The van der Waals surface area contributed by atoms with Crippen molar-refractivity contribution in [3.8, 4) is 0 Å². The normalized spacial score (nSPS) is 29.8. The van der Waals surface area contributed by atoms with Crippen LogP contribution in [0.1, 0.15) is 25.7 Å². The summed E-state index contributed by atoms with van der Waals surface area (Å²) < 4.78 is 40.5. The molecule has 3 rings (SSSR count). The molecule has 3 atom stereocenters. The minimum atomic E-state index is -3.65. The molecule has 0 aromatic heterocycles. The van der Waals surface area contributed by atoms with Crippen molar-refractivity contribution >= 4 is 15.7 Å². The monoisotopic (exact) mass is 284 g/mol. The highest BCUT2D eigenvalue weighted by Gasteiger charge is 2.41. The van der Waals surface area contributed by atoms with Gasteiger partial charge in [-0.1, -0.05) is 6.42 Å². The number of benzene rings is 1. The van der Waals surface area contributed by atoms with E-state index in [1.54, 1.807) is 0 Å². The second-order valence-corrected chi connectivity index (χ2v) is 7.30. The van der Waals surface area contributed by atoms with E-state index in [0.29, 0.717) is 11.8 Å². The zero-order valence-electron chi connectivity index (χ0n) is 10.5. The minimum absolute atomic E-state index is 0.00404. The lowest BCUT2D eigenvalue weighted by atomic mass is 9.96. The van der Waals surface area contributed by atoms with Crippen molar-refractivity contribution in [2.75, 3.05) is 5.73 Å². The van der Waals surface area contributed by atoms with E-state index in [9.17, 15) is 12.8 Å². The predicted octanol–water partition coefficient (Wildman–Crippen LogP) is 1.87. The van der Waals surface area contributed by atoms with Crippen molar-refractivity contribution in [1.29, 1.82) is 0 Å². The molecule has 2 fully saturated rings. The molecule has 1 aromatic carbocycles. The van der Waals surface area contributed by atoms with Crippen LogP contribution in [-0.2, 0) is 10.0 Å². The van der Waals surface area contributed by atoms with E-state index in [2.05, 4.69) is 4.72 Å². The fourth-order valence-electron chi connectivity index (χ4n) is 3.33. The fourth-order valence-corrected chi connectivity index (χ4v) is 4.66. The summed E-state index contributed by atoms with van der Waals surface area (Å²) in [6.45, 7) is 0. The molecule has 0 aliphatic heterocycles. The molecule has 2 aliphatic carbocycles. The molecule has 2 saturated carbocycles. The number of rotatable bonds is 3. The number of halogens is 1. The zero-order chi connectivity index (χ0) is 13.6. The highest BCUT2D eigenvalue weighted by Crippen LogP contribution is 2.44. The first-order valence-corrected chi connectivity index (χ1v) is 8.01. The van der Waals surface area contributed by atoms with E-state index in [0.717, 1.165) is 25.3 Å². The lowest BCUT2D eigenvalue weighted by Gasteiger charge is -2.22. The van der Waals surface area contributed by atoms with Gasteiger partial charge in [0.2, 0.25) is 10.0 Å². The van der Waals surface area contributed by atoms with Crippen LogP contribution < -0.4 is 10.5 Å². The van der Waals surface area contributed by atoms with Gasteiger partial charge in [0.05, 0.1) is 10.6 Å². The van der Waals surface area contributed by atoms with E-state index in [1.807, 2.05) is 0 Å². The van der Waals surface area contributed by atoms with Crippen molar-refractivity contribution in [3.63, 3.8) is 0 Å². The average Bonchev–Trinajstić information content (AvgIpc) is 2.94.